The Bertz CT molecular complexity index is 598. The molecule has 2 aromatic rings. The largest absolute Gasteiger partial charge is 0.464 e. The van der Waals surface area contributed by atoms with Crippen LogP contribution >= 0.6 is 11.6 Å². The lowest BCUT2D eigenvalue weighted by molar-refractivity contribution is 0.482. The van der Waals surface area contributed by atoms with Gasteiger partial charge in [-0.25, -0.2) is 0 Å². The minimum Gasteiger partial charge on any atom is -0.464 e. The van der Waals surface area contributed by atoms with Crippen molar-refractivity contribution in [3.8, 4) is 6.07 Å². The maximum Gasteiger partial charge on any atom is 0.123 e. The molecule has 92 valence electrons. The summed E-state index contributed by atoms with van der Waals surface area (Å²) in [5.41, 5.74) is 1.41. The molecule has 0 aliphatic rings. The summed E-state index contributed by atoms with van der Waals surface area (Å²) in [6, 6.07) is 11.2. The first-order valence-electron chi connectivity index (χ1n) is 5.56. The second-order valence-corrected chi connectivity index (χ2v) is 4.58. The molecule has 0 atom stereocenters. The highest BCUT2D eigenvalue weighted by Gasteiger charge is 2.10. The van der Waals surface area contributed by atoms with E-state index in [-0.39, 0.29) is 0 Å². The Morgan fingerprint density at radius 3 is 2.72 bits per heavy atom. The molecule has 0 saturated heterocycles. The van der Waals surface area contributed by atoms with Crippen molar-refractivity contribution in [2.45, 2.75) is 13.5 Å². The first kappa shape index (κ1) is 12.5. The topological polar surface area (TPSA) is 40.2 Å². The van der Waals surface area contributed by atoms with E-state index in [4.69, 9.17) is 21.3 Å². The van der Waals surface area contributed by atoms with Gasteiger partial charge in [-0.15, -0.1) is 0 Å². The van der Waals surface area contributed by atoms with Gasteiger partial charge >= 0.3 is 0 Å². The van der Waals surface area contributed by atoms with E-state index in [2.05, 4.69) is 6.07 Å². The molecule has 4 heteroatoms. The van der Waals surface area contributed by atoms with E-state index in [1.54, 1.807) is 18.2 Å². The van der Waals surface area contributed by atoms with Crippen molar-refractivity contribution in [2.24, 2.45) is 0 Å². The van der Waals surface area contributed by atoms with Crippen molar-refractivity contribution in [1.29, 1.82) is 5.26 Å². The summed E-state index contributed by atoms with van der Waals surface area (Å²) >= 11 is 5.97. The average molecular weight is 261 g/mol. The zero-order valence-corrected chi connectivity index (χ0v) is 11.0. The van der Waals surface area contributed by atoms with Gasteiger partial charge in [0.25, 0.3) is 0 Å². The summed E-state index contributed by atoms with van der Waals surface area (Å²) < 4.78 is 5.52. The second-order valence-electron chi connectivity index (χ2n) is 4.14. The van der Waals surface area contributed by atoms with Crippen LogP contribution in [-0.4, -0.2) is 7.05 Å². The molecule has 18 heavy (non-hydrogen) atoms. The Morgan fingerprint density at radius 2 is 2.11 bits per heavy atom. The molecule has 1 aromatic carbocycles. The third kappa shape index (κ3) is 2.66. The Morgan fingerprint density at radius 1 is 1.33 bits per heavy atom. The number of benzene rings is 1. The van der Waals surface area contributed by atoms with E-state index in [0.717, 1.165) is 17.2 Å². The standard InChI is InChI=1S/C14H13ClN2O/c1-10-3-6-13(18-10)9-17(2)14-7-12(15)5-4-11(14)8-16/h3-7H,9H2,1-2H3. The Balaban J connectivity index is 2.26. The fraction of sp³-hybridized carbons (Fsp3) is 0.214. The van der Waals surface area contributed by atoms with Gasteiger partial charge in [0, 0.05) is 12.1 Å². The molecule has 0 saturated carbocycles. The molecular weight excluding hydrogens is 248 g/mol. The predicted octanol–water partition coefficient (Wildman–Crippen LogP) is 3.75. The summed E-state index contributed by atoms with van der Waals surface area (Å²) in [5.74, 6) is 1.74. The van der Waals surface area contributed by atoms with Crippen LogP contribution < -0.4 is 4.90 Å². The fourth-order valence-electron chi connectivity index (χ4n) is 1.80. The average Bonchev–Trinajstić information content (AvgIpc) is 2.74. The molecule has 0 aliphatic carbocycles. The van der Waals surface area contributed by atoms with Crippen molar-refractivity contribution in [2.75, 3.05) is 11.9 Å². The molecule has 0 amide bonds. The highest BCUT2D eigenvalue weighted by Crippen LogP contribution is 2.25. The lowest BCUT2D eigenvalue weighted by Gasteiger charge is -2.19. The fourth-order valence-corrected chi connectivity index (χ4v) is 1.97. The van der Waals surface area contributed by atoms with E-state index < -0.39 is 0 Å². The molecule has 0 bridgehead atoms. The summed E-state index contributed by atoms with van der Waals surface area (Å²) in [6.45, 7) is 2.51. The quantitative estimate of drug-likeness (QED) is 0.844. The third-order valence-corrected chi connectivity index (χ3v) is 2.92. The number of hydrogen-bond donors (Lipinski definition) is 0. The molecule has 0 fully saturated rings. The molecule has 0 radical (unpaired) electrons. The number of rotatable bonds is 3. The summed E-state index contributed by atoms with van der Waals surface area (Å²) in [7, 11) is 1.91. The van der Waals surface area contributed by atoms with Crippen LogP contribution in [0.3, 0.4) is 0 Å². The third-order valence-electron chi connectivity index (χ3n) is 2.68. The van der Waals surface area contributed by atoms with Gasteiger partial charge in [-0.1, -0.05) is 11.6 Å². The number of halogens is 1. The van der Waals surface area contributed by atoms with Gasteiger partial charge in [0.2, 0.25) is 0 Å². The van der Waals surface area contributed by atoms with Gasteiger partial charge in [0.1, 0.15) is 17.6 Å². The van der Waals surface area contributed by atoms with Gasteiger partial charge in [0.15, 0.2) is 0 Å². The Hall–Kier alpha value is -1.92. The first-order valence-corrected chi connectivity index (χ1v) is 5.94. The van der Waals surface area contributed by atoms with Gasteiger partial charge in [-0.05, 0) is 37.3 Å². The zero-order chi connectivity index (χ0) is 13.1. The monoisotopic (exact) mass is 260 g/mol. The van der Waals surface area contributed by atoms with Crippen LogP contribution in [0.25, 0.3) is 0 Å². The van der Waals surface area contributed by atoms with Gasteiger partial charge in [-0.2, -0.15) is 5.26 Å². The lowest BCUT2D eigenvalue weighted by atomic mass is 10.2. The summed E-state index contributed by atoms with van der Waals surface area (Å²) in [5, 5.41) is 9.70. The molecule has 1 heterocycles. The van der Waals surface area contributed by atoms with Gasteiger partial charge < -0.3 is 9.32 Å². The molecule has 0 spiro atoms. The van der Waals surface area contributed by atoms with Crippen LogP contribution in [-0.2, 0) is 6.54 Å². The van der Waals surface area contributed by atoms with Crippen molar-refractivity contribution >= 4 is 17.3 Å². The van der Waals surface area contributed by atoms with Crippen LogP contribution in [0.4, 0.5) is 5.69 Å². The molecular formula is C14H13ClN2O. The molecule has 0 N–H and O–H groups in total. The first-order chi connectivity index (χ1) is 8.60. The molecule has 1 aromatic heterocycles. The van der Waals surface area contributed by atoms with E-state index in [9.17, 15) is 0 Å². The van der Waals surface area contributed by atoms with E-state index in [0.29, 0.717) is 17.1 Å². The normalized spacial score (nSPS) is 10.1. The van der Waals surface area contributed by atoms with E-state index >= 15 is 0 Å². The van der Waals surface area contributed by atoms with Crippen LogP contribution in [0.2, 0.25) is 5.02 Å². The number of hydrogen-bond acceptors (Lipinski definition) is 3. The van der Waals surface area contributed by atoms with Crippen LogP contribution in [0, 0.1) is 18.3 Å². The van der Waals surface area contributed by atoms with Crippen LogP contribution in [0.1, 0.15) is 17.1 Å². The minimum absolute atomic E-state index is 0.600. The smallest absolute Gasteiger partial charge is 0.123 e. The van der Waals surface area contributed by atoms with Crippen molar-refractivity contribution in [3.63, 3.8) is 0 Å². The van der Waals surface area contributed by atoms with Crippen LogP contribution in [0.5, 0.6) is 0 Å². The molecule has 0 aliphatic heterocycles. The highest BCUT2D eigenvalue weighted by molar-refractivity contribution is 6.30. The van der Waals surface area contributed by atoms with Crippen molar-refractivity contribution < 1.29 is 4.42 Å². The second kappa shape index (κ2) is 5.16. The highest BCUT2D eigenvalue weighted by atomic mass is 35.5. The lowest BCUT2D eigenvalue weighted by Crippen LogP contribution is -2.17. The SMILES string of the molecule is Cc1ccc(CN(C)c2cc(Cl)ccc2C#N)o1. The Labute approximate surface area is 111 Å². The maximum atomic E-state index is 9.09. The summed E-state index contributed by atoms with van der Waals surface area (Å²) in [4.78, 5) is 1.95. The minimum atomic E-state index is 0.600. The van der Waals surface area contributed by atoms with Gasteiger partial charge in [0.05, 0.1) is 17.8 Å². The maximum absolute atomic E-state index is 9.09. The van der Waals surface area contributed by atoms with E-state index in [1.807, 2.05) is 31.0 Å². The molecule has 0 unspecified atom stereocenters. The number of nitriles is 1. The molecule has 3 nitrogen and oxygen atoms in total. The van der Waals surface area contributed by atoms with Crippen LogP contribution in [0.15, 0.2) is 34.7 Å². The number of furan rings is 1. The summed E-state index contributed by atoms with van der Waals surface area (Å²) in [6.07, 6.45) is 0. The van der Waals surface area contributed by atoms with Crippen molar-refractivity contribution in [3.05, 3.63) is 52.4 Å². The van der Waals surface area contributed by atoms with Crippen molar-refractivity contribution in [1.82, 2.24) is 0 Å². The Kier molecular flexibility index (Phi) is 3.59. The number of aryl methyl sites for hydroxylation is 1. The number of anilines is 1. The van der Waals surface area contributed by atoms with E-state index in [1.165, 1.54) is 0 Å². The predicted molar refractivity (Wildman–Crippen MR) is 71.7 cm³/mol. The zero-order valence-electron chi connectivity index (χ0n) is 10.3. The molecule has 2 rings (SSSR count). The van der Waals surface area contributed by atoms with Gasteiger partial charge in [-0.3, -0.25) is 0 Å². The number of nitrogens with zero attached hydrogens (tertiary/aromatic N) is 2.